The molecule has 1 aromatic heterocycles. The van der Waals surface area contributed by atoms with Crippen LogP contribution in [0, 0.1) is 0 Å². The highest BCUT2D eigenvalue weighted by atomic mass is 32.1. The Kier molecular flexibility index (Phi) is 6.24. The first-order chi connectivity index (χ1) is 13.1. The van der Waals surface area contributed by atoms with Gasteiger partial charge in [0.1, 0.15) is 5.00 Å². The van der Waals surface area contributed by atoms with Crippen LogP contribution in [0.3, 0.4) is 0 Å². The SMILES string of the molecule is CCOC(=O)c1c(C2CC2)csc1NC(=O)CCNC(=O)c1ccccc1. The van der Waals surface area contributed by atoms with Crippen LogP contribution >= 0.6 is 11.3 Å². The molecule has 1 aliphatic carbocycles. The molecule has 3 rings (SSSR count). The lowest BCUT2D eigenvalue weighted by Gasteiger charge is -2.09. The van der Waals surface area contributed by atoms with Crippen molar-refractivity contribution in [2.75, 3.05) is 18.5 Å². The van der Waals surface area contributed by atoms with Gasteiger partial charge in [-0.3, -0.25) is 9.59 Å². The number of rotatable bonds is 8. The second-order valence-corrected chi connectivity index (χ2v) is 7.19. The van der Waals surface area contributed by atoms with E-state index in [0.29, 0.717) is 22.0 Å². The number of benzene rings is 1. The first-order valence-corrected chi connectivity index (χ1v) is 9.89. The molecule has 0 atom stereocenters. The Balaban J connectivity index is 1.56. The molecule has 0 saturated heterocycles. The maximum absolute atomic E-state index is 12.3. The van der Waals surface area contributed by atoms with Crippen LogP contribution in [0.5, 0.6) is 0 Å². The van der Waals surface area contributed by atoms with Gasteiger partial charge < -0.3 is 15.4 Å². The van der Waals surface area contributed by atoms with Crippen molar-refractivity contribution in [1.29, 1.82) is 0 Å². The molecular weight excluding hydrogens is 364 g/mol. The minimum atomic E-state index is -0.395. The Labute approximate surface area is 161 Å². The average Bonchev–Trinajstić information content (AvgIpc) is 3.43. The predicted molar refractivity (Wildman–Crippen MR) is 104 cm³/mol. The normalized spacial score (nSPS) is 13.1. The first-order valence-electron chi connectivity index (χ1n) is 9.01. The van der Waals surface area contributed by atoms with Gasteiger partial charge in [-0.2, -0.15) is 0 Å². The molecule has 1 aromatic carbocycles. The molecule has 0 radical (unpaired) electrons. The second kappa shape index (κ2) is 8.81. The summed E-state index contributed by atoms with van der Waals surface area (Å²) >= 11 is 1.34. The van der Waals surface area contributed by atoms with Gasteiger partial charge in [0.05, 0.1) is 12.2 Å². The van der Waals surface area contributed by atoms with Gasteiger partial charge in [-0.1, -0.05) is 18.2 Å². The summed E-state index contributed by atoms with van der Waals surface area (Å²) in [5.74, 6) is -0.481. The zero-order valence-corrected chi connectivity index (χ0v) is 15.9. The Hall–Kier alpha value is -2.67. The molecule has 7 heteroatoms. The number of carbonyl (C=O) groups is 3. The van der Waals surface area contributed by atoms with Gasteiger partial charge >= 0.3 is 5.97 Å². The van der Waals surface area contributed by atoms with Crippen LogP contribution in [-0.2, 0) is 9.53 Å². The van der Waals surface area contributed by atoms with Crippen LogP contribution in [0.1, 0.15) is 58.4 Å². The lowest BCUT2D eigenvalue weighted by Crippen LogP contribution is -2.27. The van der Waals surface area contributed by atoms with E-state index in [2.05, 4.69) is 10.6 Å². The van der Waals surface area contributed by atoms with E-state index in [1.54, 1.807) is 31.2 Å². The van der Waals surface area contributed by atoms with Crippen molar-refractivity contribution in [3.8, 4) is 0 Å². The van der Waals surface area contributed by atoms with Crippen LogP contribution in [0.2, 0.25) is 0 Å². The molecular formula is C20H22N2O4S. The van der Waals surface area contributed by atoms with Crippen LogP contribution < -0.4 is 10.6 Å². The number of thiophene rings is 1. The van der Waals surface area contributed by atoms with Crippen molar-refractivity contribution in [3.05, 3.63) is 52.4 Å². The van der Waals surface area contributed by atoms with Gasteiger partial charge in [0.15, 0.2) is 0 Å². The molecule has 0 unspecified atom stereocenters. The average molecular weight is 386 g/mol. The lowest BCUT2D eigenvalue weighted by atomic mass is 10.1. The van der Waals surface area contributed by atoms with Crippen molar-refractivity contribution < 1.29 is 19.1 Å². The van der Waals surface area contributed by atoms with Gasteiger partial charge in [0.2, 0.25) is 5.91 Å². The molecule has 1 saturated carbocycles. The van der Waals surface area contributed by atoms with Gasteiger partial charge in [-0.25, -0.2) is 4.79 Å². The zero-order valence-electron chi connectivity index (χ0n) is 15.1. The molecule has 2 amide bonds. The predicted octanol–water partition coefficient (Wildman–Crippen LogP) is 3.56. The topological polar surface area (TPSA) is 84.5 Å². The summed E-state index contributed by atoms with van der Waals surface area (Å²) in [6.07, 6.45) is 2.24. The molecule has 27 heavy (non-hydrogen) atoms. The van der Waals surface area contributed by atoms with Gasteiger partial charge in [0.25, 0.3) is 5.91 Å². The fraction of sp³-hybridized carbons (Fsp3) is 0.350. The van der Waals surface area contributed by atoms with Crippen molar-refractivity contribution in [3.63, 3.8) is 0 Å². The zero-order chi connectivity index (χ0) is 19.2. The number of ether oxygens (including phenoxy) is 1. The molecule has 6 nitrogen and oxygen atoms in total. The summed E-state index contributed by atoms with van der Waals surface area (Å²) in [4.78, 5) is 36.5. The summed E-state index contributed by atoms with van der Waals surface area (Å²) in [5, 5.41) is 7.96. The summed E-state index contributed by atoms with van der Waals surface area (Å²) in [5.41, 5.74) is 1.99. The number of esters is 1. The summed E-state index contributed by atoms with van der Waals surface area (Å²) in [6.45, 7) is 2.27. The molecule has 1 fully saturated rings. The maximum Gasteiger partial charge on any atom is 0.341 e. The van der Waals surface area contributed by atoms with Gasteiger partial charge in [0, 0.05) is 18.5 Å². The van der Waals surface area contributed by atoms with Gasteiger partial charge in [-0.15, -0.1) is 11.3 Å². The highest BCUT2D eigenvalue weighted by Gasteiger charge is 2.32. The van der Waals surface area contributed by atoms with Crippen LogP contribution in [0.15, 0.2) is 35.7 Å². The summed E-state index contributed by atoms with van der Waals surface area (Å²) in [7, 11) is 0. The van der Waals surface area contributed by atoms with E-state index >= 15 is 0 Å². The number of carbonyl (C=O) groups excluding carboxylic acids is 3. The largest absolute Gasteiger partial charge is 0.462 e. The highest BCUT2D eigenvalue weighted by Crippen LogP contribution is 2.46. The highest BCUT2D eigenvalue weighted by molar-refractivity contribution is 7.15. The molecule has 0 aliphatic heterocycles. The lowest BCUT2D eigenvalue weighted by molar-refractivity contribution is -0.116. The monoisotopic (exact) mass is 386 g/mol. The smallest absolute Gasteiger partial charge is 0.341 e. The van der Waals surface area contributed by atoms with E-state index in [9.17, 15) is 14.4 Å². The second-order valence-electron chi connectivity index (χ2n) is 6.31. The van der Waals surface area contributed by atoms with Crippen molar-refractivity contribution >= 4 is 34.1 Å². The van der Waals surface area contributed by atoms with Gasteiger partial charge in [-0.05, 0) is 48.8 Å². The molecule has 2 N–H and O–H groups in total. The number of hydrogen-bond acceptors (Lipinski definition) is 5. The van der Waals surface area contributed by atoms with Crippen LogP contribution in [-0.4, -0.2) is 30.9 Å². The number of hydrogen-bond donors (Lipinski definition) is 2. The van der Waals surface area contributed by atoms with Crippen molar-refractivity contribution in [2.24, 2.45) is 0 Å². The summed E-state index contributed by atoms with van der Waals surface area (Å²) in [6, 6.07) is 8.83. The summed E-state index contributed by atoms with van der Waals surface area (Å²) < 4.78 is 5.15. The first kappa shape index (κ1) is 19.1. The fourth-order valence-electron chi connectivity index (χ4n) is 2.74. The Morgan fingerprint density at radius 1 is 1.19 bits per heavy atom. The third kappa shape index (κ3) is 4.95. The van der Waals surface area contributed by atoms with E-state index in [1.165, 1.54) is 11.3 Å². The van der Waals surface area contributed by atoms with E-state index in [1.807, 2.05) is 11.4 Å². The van der Waals surface area contributed by atoms with E-state index in [0.717, 1.165) is 18.4 Å². The van der Waals surface area contributed by atoms with E-state index < -0.39 is 5.97 Å². The third-order valence-corrected chi connectivity index (χ3v) is 5.16. The Morgan fingerprint density at radius 2 is 1.93 bits per heavy atom. The van der Waals surface area contributed by atoms with Crippen LogP contribution in [0.25, 0.3) is 0 Å². The Bertz CT molecular complexity index is 828. The quantitative estimate of drug-likeness (QED) is 0.680. The van der Waals surface area contributed by atoms with Crippen LogP contribution in [0.4, 0.5) is 5.00 Å². The minimum absolute atomic E-state index is 0.123. The molecule has 2 aromatic rings. The maximum atomic E-state index is 12.3. The minimum Gasteiger partial charge on any atom is -0.462 e. The Morgan fingerprint density at radius 3 is 2.59 bits per heavy atom. The van der Waals surface area contributed by atoms with E-state index in [-0.39, 0.29) is 31.4 Å². The van der Waals surface area contributed by atoms with Crippen molar-refractivity contribution in [2.45, 2.75) is 32.1 Å². The van der Waals surface area contributed by atoms with E-state index in [4.69, 9.17) is 4.74 Å². The molecule has 0 bridgehead atoms. The molecule has 1 aliphatic rings. The fourth-order valence-corrected chi connectivity index (χ4v) is 3.79. The molecule has 1 heterocycles. The number of nitrogens with one attached hydrogen (secondary N) is 2. The third-order valence-electron chi connectivity index (χ3n) is 4.24. The number of amides is 2. The molecule has 142 valence electrons. The molecule has 0 spiro atoms. The van der Waals surface area contributed by atoms with Crippen molar-refractivity contribution in [1.82, 2.24) is 5.32 Å². The standard InChI is InChI=1S/C20H22N2O4S/c1-2-26-20(25)17-15(13-8-9-13)12-27-19(17)22-16(23)10-11-21-18(24)14-6-4-3-5-7-14/h3-7,12-13H,2,8-11H2,1H3,(H,21,24)(H,22,23). The number of anilines is 1.